The molecule has 5 unspecified atom stereocenters. The van der Waals surface area contributed by atoms with E-state index in [0.29, 0.717) is 11.8 Å². The van der Waals surface area contributed by atoms with Crippen LogP contribution in [-0.2, 0) is 11.3 Å². The van der Waals surface area contributed by atoms with Crippen molar-refractivity contribution in [3.8, 4) is 0 Å². The van der Waals surface area contributed by atoms with Gasteiger partial charge in [-0.25, -0.2) is 0 Å². The van der Waals surface area contributed by atoms with Crippen LogP contribution in [0.3, 0.4) is 0 Å². The molecule has 0 aromatic carbocycles. The van der Waals surface area contributed by atoms with Crippen molar-refractivity contribution in [3.63, 3.8) is 0 Å². The summed E-state index contributed by atoms with van der Waals surface area (Å²) in [6.45, 7) is 12.5. The number of hydrogen-bond acceptors (Lipinski definition) is 3. The lowest BCUT2D eigenvalue weighted by Crippen LogP contribution is -2.36. The molecular formula is C15H26ClN3O. The first kappa shape index (κ1) is 15.8. The van der Waals surface area contributed by atoms with Crippen LogP contribution in [0.25, 0.3) is 0 Å². The molecule has 1 fully saturated rings. The first-order valence-corrected chi connectivity index (χ1v) is 7.99. The number of hydrogen-bond donors (Lipinski definition) is 1. The minimum absolute atomic E-state index is 0.185. The molecule has 2 heterocycles. The molecule has 0 spiro atoms. The largest absolute Gasteiger partial charge is 0.375 e. The number of aromatic nitrogens is 2. The maximum atomic E-state index is 6.40. The molecule has 1 N–H and O–H groups in total. The van der Waals surface area contributed by atoms with E-state index in [2.05, 4.69) is 45.0 Å². The lowest BCUT2D eigenvalue weighted by Gasteiger charge is -2.30. The van der Waals surface area contributed by atoms with Crippen LogP contribution < -0.4 is 5.32 Å². The molecule has 5 atom stereocenters. The predicted molar refractivity (Wildman–Crippen MR) is 82.0 cm³/mol. The van der Waals surface area contributed by atoms with E-state index in [-0.39, 0.29) is 18.2 Å². The lowest BCUT2D eigenvalue weighted by atomic mass is 9.82. The fraction of sp³-hybridized carbons (Fsp3) is 0.800. The molecule has 0 bridgehead atoms. The first-order chi connectivity index (χ1) is 9.51. The van der Waals surface area contributed by atoms with Gasteiger partial charge in [-0.05, 0) is 33.2 Å². The summed E-state index contributed by atoms with van der Waals surface area (Å²) in [6.07, 6.45) is 2.26. The van der Waals surface area contributed by atoms with E-state index in [1.165, 1.54) is 0 Å². The van der Waals surface area contributed by atoms with Crippen LogP contribution in [0.4, 0.5) is 0 Å². The van der Waals surface area contributed by atoms with E-state index >= 15 is 0 Å². The van der Waals surface area contributed by atoms with Crippen molar-refractivity contribution in [2.75, 3.05) is 6.54 Å². The van der Waals surface area contributed by atoms with Gasteiger partial charge in [0.15, 0.2) is 0 Å². The van der Waals surface area contributed by atoms with Crippen molar-refractivity contribution in [1.29, 1.82) is 0 Å². The number of halogens is 1. The second-order valence-corrected chi connectivity index (χ2v) is 6.12. The molecule has 0 saturated carbocycles. The van der Waals surface area contributed by atoms with E-state index in [0.717, 1.165) is 23.8 Å². The standard InChI is InChI=1S/C15H26ClN3O/c1-6-17-14(13-9(3)10(4)20-11(13)5)15-12(16)8-18-19(15)7-2/h8-11,13-14,17H,6-7H2,1-5H3. The van der Waals surface area contributed by atoms with E-state index in [4.69, 9.17) is 16.3 Å². The average Bonchev–Trinajstić information content (AvgIpc) is 2.89. The van der Waals surface area contributed by atoms with Crippen LogP contribution in [0.2, 0.25) is 5.02 Å². The number of nitrogens with zero attached hydrogens (tertiary/aromatic N) is 2. The highest BCUT2D eigenvalue weighted by molar-refractivity contribution is 6.31. The Morgan fingerprint density at radius 3 is 2.55 bits per heavy atom. The van der Waals surface area contributed by atoms with E-state index < -0.39 is 0 Å². The zero-order valence-electron chi connectivity index (χ0n) is 13.1. The van der Waals surface area contributed by atoms with Gasteiger partial charge in [0, 0.05) is 12.5 Å². The zero-order valence-corrected chi connectivity index (χ0v) is 13.8. The van der Waals surface area contributed by atoms with Crippen molar-refractivity contribution < 1.29 is 4.74 Å². The molecule has 0 aliphatic carbocycles. The van der Waals surface area contributed by atoms with Gasteiger partial charge in [0.25, 0.3) is 0 Å². The molecule has 1 saturated heterocycles. The van der Waals surface area contributed by atoms with E-state index in [1.54, 1.807) is 6.20 Å². The van der Waals surface area contributed by atoms with Crippen LogP contribution in [0, 0.1) is 11.8 Å². The maximum Gasteiger partial charge on any atom is 0.0834 e. The summed E-state index contributed by atoms with van der Waals surface area (Å²) < 4.78 is 8.01. The highest BCUT2D eigenvalue weighted by atomic mass is 35.5. The van der Waals surface area contributed by atoms with Crippen molar-refractivity contribution in [1.82, 2.24) is 15.1 Å². The predicted octanol–water partition coefficient (Wildman–Crippen LogP) is 3.27. The van der Waals surface area contributed by atoms with Crippen LogP contribution >= 0.6 is 11.6 Å². The Morgan fingerprint density at radius 2 is 2.05 bits per heavy atom. The van der Waals surface area contributed by atoms with Gasteiger partial charge in [0.1, 0.15) is 0 Å². The van der Waals surface area contributed by atoms with Crippen molar-refractivity contribution in [2.24, 2.45) is 11.8 Å². The Labute approximate surface area is 126 Å². The molecule has 1 aliphatic heterocycles. The molecule has 1 aromatic rings. The van der Waals surface area contributed by atoms with Crippen molar-refractivity contribution in [2.45, 2.75) is 59.4 Å². The van der Waals surface area contributed by atoms with E-state index in [9.17, 15) is 0 Å². The molecular weight excluding hydrogens is 274 g/mol. The Balaban J connectivity index is 2.38. The molecule has 4 nitrogen and oxygen atoms in total. The minimum atomic E-state index is 0.185. The Bertz CT molecular complexity index is 448. The third-order valence-electron chi connectivity index (χ3n) is 4.56. The molecule has 2 rings (SSSR count). The summed E-state index contributed by atoms with van der Waals surface area (Å²) >= 11 is 6.40. The quantitative estimate of drug-likeness (QED) is 0.907. The lowest BCUT2D eigenvalue weighted by molar-refractivity contribution is 0.0472. The normalized spacial score (nSPS) is 31.7. The summed E-state index contributed by atoms with van der Waals surface area (Å²) in [7, 11) is 0. The molecule has 5 heteroatoms. The summed E-state index contributed by atoms with van der Waals surface area (Å²) in [6, 6.07) is 0.185. The van der Waals surface area contributed by atoms with Crippen LogP contribution in [-0.4, -0.2) is 28.5 Å². The summed E-state index contributed by atoms with van der Waals surface area (Å²) in [5.74, 6) is 0.898. The number of aryl methyl sites for hydroxylation is 1. The van der Waals surface area contributed by atoms with Gasteiger partial charge in [-0.15, -0.1) is 0 Å². The molecule has 1 aliphatic rings. The Kier molecular flexibility index (Phi) is 5.10. The van der Waals surface area contributed by atoms with Crippen LogP contribution in [0.1, 0.15) is 46.4 Å². The molecule has 1 aromatic heterocycles. The molecule has 114 valence electrons. The maximum absolute atomic E-state index is 6.40. The van der Waals surface area contributed by atoms with Gasteiger partial charge < -0.3 is 10.1 Å². The SMILES string of the molecule is CCNC(c1c(Cl)cnn1CC)C1C(C)OC(C)C1C. The molecule has 20 heavy (non-hydrogen) atoms. The van der Waals surface area contributed by atoms with Gasteiger partial charge >= 0.3 is 0 Å². The number of ether oxygens (including phenoxy) is 1. The third kappa shape index (κ3) is 2.74. The zero-order chi connectivity index (χ0) is 14.9. The van der Waals surface area contributed by atoms with Gasteiger partial charge in [0.05, 0.1) is 35.2 Å². The third-order valence-corrected chi connectivity index (χ3v) is 4.85. The van der Waals surface area contributed by atoms with Crippen LogP contribution in [0.5, 0.6) is 0 Å². The smallest absolute Gasteiger partial charge is 0.0834 e. The van der Waals surface area contributed by atoms with Crippen molar-refractivity contribution >= 4 is 11.6 Å². The van der Waals surface area contributed by atoms with Crippen molar-refractivity contribution in [3.05, 3.63) is 16.9 Å². The molecule has 0 amide bonds. The number of nitrogens with one attached hydrogen (secondary N) is 1. The summed E-state index contributed by atoms with van der Waals surface area (Å²) in [5, 5.41) is 8.73. The highest BCUT2D eigenvalue weighted by Gasteiger charge is 2.43. The summed E-state index contributed by atoms with van der Waals surface area (Å²) in [5.41, 5.74) is 1.09. The fourth-order valence-electron chi connectivity index (χ4n) is 3.44. The second kappa shape index (κ2) is 6.46. The fourth-order valence-corrected chi connectivity index (χ4v) is 3.70. The Morgan fingerprint density at radius 1 is 1.35 bits per heavy atom. The minimum Gasteiger partial charge on any atom is -0.375 e. The van der Waals surface area contributed by atoms with Gasteiger partial charge in [-0.2, -0.15) is 5.10 Å². The first-order valence-electron chi connectivity index (χ1n) is 7.61. The Hall–Kier alpha value is -0.580. The van der Waals surface area contributed by atoms with E-state index in [1.807, 2.05) is 4.68 Å². The van der Waals surface area contributed by atoms with Crippen LogP contribution in [0.15, 0.2) is 6.20 Å². The topological polar surface area (TPSA) is 39.1 Å². The van der Waals surface area contributed by atoms with Gasteiger partial charge in [-0.3, -0.25) is 4.68 Å². The summed E-state index contributed by atoms with van der Waals surface area (Å²) in [4.78, 5) is 0. The monoisotopic (exact) mass is 299 g/mol. The average molecular weight is 300 g/mol. The second-order valence-electron chi connectivity index (χ2n) is 5.71. The van der Waals surface area contributed by atoms with Gasteiger partial charge in [0.2, 0.25) is 0 Å². The van der Waals surface area contributed by atoms with Gasteiger partial charge in [-0.1, -0.05) is 25.4 Å². The molecule has 0 radical (unpaired) electrons. The number of rotatable bonds is 5. The highest BCUT2D eigenvalue weighted by Crippen LogP contribution is 2.42.